The molecule has 0 aromatic heterocycles. The molecule has 1 aliphatic heterocycles. The molecule has 1 fully saturated rings. The van der Waals surface area contributed by atoms with Crippen LogP contribution in [0.3, 0.4) is 0 Å². The Balaban J connectivity index is 2.06. The summed E-state index contributed by atoms with van der Waals surface area (Å²) in [4.78, 5) is 13.0. The third kappa shape index (κ3) is 5.01. The Morgan fingerprint density at radius 2 is 1.80 bits per heavy atom. The molecular weight excluding hydrogens is 422 g/mol. The maximum absolute atomic E-state index is 13.6. The lowest BCUT2D eigenvalue weighted by Crippen LogP contribution is -2.49. The summed E-state index contributed by atoms with van der Waals surface area (Å²) in [6.07, 6.45) is 1.17. The summed E-state index contributed by atoms with van der Waals surface area (Å²) in [7, 11) is -3.98. The van der Waals surface area contributed by atoms with E-state index in [1.807, 2.05) is 19.9 Å². The van der Waals surface area contributed by atoms with Gasteiger partial charge in [0.25, 0.3) is 0 Å². The summed E-state index contributed by atoms with van der Waals surface area (Å²) in [5, 5.41) is 12.3. The van der Waals surface area contributed by atoms with Gasteiger partial charge < -0.3 is 5.32 Å². The molecule has 0 saturated carbocycles. The van der Waals surface area contributed by atoms with Gasteiger partial charge in [-0.1, -0.05) is 37.6 Å². The van der Waals surface area contributed by atoms with Gasteiger partial charge in [-0.2, -0.15) is 9.57 Å². The fourth-order valence-electron chi connectivity index (χ4n) is 3.56. The van der Waals surface area contributed by atoms with Gasteiger partial charge in [0, 0.05) is 18.1 Å². The molecule has 1 heterocycles. The zero-order valence-corrected chi connectivity index (χ0v) is 18.5. The number of hydrogen-bond donors (Lipinski definition) is 1. The van der Waals surface area contributed by atoms with Crippen LogP contribution in [0.2, 0.25) is 5.02 Å². The number of nitrogens with zero attached hydrogens (tertiary/aromatic N) is 2. The van der Waals surface area contributed by atoms with Crippen LogP contribution >= 0.6 is 11.6 Å². The van der Waals surface area contributed by atoms with E-state index in [4.69, 9.17) is 16.9 Å². The predicted molar refractivity (Wildman–Crippen MR) is 115 cm³/mol. The van der Waals surface area contributed by atoms with Crippen molar-refractivity contribution in [2.45, 2.75) is 44.2 Å². The number of benzene rings is 2. The van der Waals surface area contributed by atoms with Crippen LogP contribution in [-0.2, 0) is 21.4 Å². The largest absolute Gasteiger partial charge is 0.355 e. The molecule has 2 aromatic rings. The maximum atomic E-state index is 13.6. The van der Waals surface area contributed by atoms with Gasteiger partial charge >= 0.3 is 0 Å². The van der Waals surface area contributed by atoms with Crippen LogP contribution in [0.25, 0.3) is 0 Å². The Hall–Kier alpha value is -2.40. The monoisotopic (exact) mass is 445 g/mol. The Labute approximate surface area is 182 Å². The van der Waals surface area contributed by atoms with Crippen LogP contribution in [0, 0.1) is 16.7 Å². The highest BCUT2D eigenvalue weighted by Crippen LogP contribution is 2.33. The molecule has 2 aromatic carbocycles. The van der Waals surface area contributed by atoms with Crippen LogP contribution in [0.4, 0.5) is 0 Å². The SMILES string of the molecule is CC1(C)CCNC(=O)C(N(Cc2ccc(C#N)cc2)S(=O)(=O)c2ccc(Cl)cc2)C1. The molecule has 0 bridgehead atoms. The van der Waals surface area contributed by atoms with Crippen molar-refractivity contribution in [2.75, 3.05) is 6.54 Å². The minimum atomic E-state index is -3.98. The highest BCUT2D eigenvalue weighted by Gasteiger charge is 2.40. The van der Waals surface area contributed by atoms with Gasteiger partial charge in [-0.15, -0.1) is 0 Å². The molecule has 1 amide bonds. The zero-order valence-electron chi connectivity index (χ0n) is 16.9. The Kier molecular flexibility index (Phi) is 6.51. The lowest BCUT2D eigenvalue weighted by molar-refractivity contribution is -0.125. The third-order valence-electron chi connectivity index (χ3n) is 5.34. The van der Waals surface area contributed by atoms with Crippen molar-refractivity contribution in [1.82, 2.24) is 9.62 Å². The van der Waals surface area contributed by atoms with Crippen molar-refractivity contribution in [3.8, 4) is 6.07 Å². The number of hydrogen-bond acceptors (Lipinski definition) is 4. The average molecular weight is 446 g/mol. The van der Waals surface area contributed by atoms with Crippen LogP contribution in [0.1, 0.15) is 37.8 Å². The molecule has 6 nitrogen and oxygen atoms in total. The van der Waals surface area contributed by atoms with Crippen molar-refractivity contribution < 1.29 is 13.2 Å². The molecular formula is C22H24ClN3O3S. The molecule has 1 N–H and O–H groups in total. The minimum absolute atomic E-state index is 0.0187. The zero-order chi connectivity index (χ0) is 21.9. The van der Waals surface area contributed by atoms with Gasteiger partial charge in [0.15, 0.2) is 0 Å². The van der Waals surface area contributed by atoms with Crippen molar-refractivity contribution in [3.05, 3.63) is 64.7 Å². The molecule has 158 valence electrons. The average Bonchev–Trinajstić information content (AvgIpc) is 2.84. The number of halogens is 1. The number of amides is 1. The normalized spacial score (nSPS) is 19.0. The van der Waals surface area contributed by atoms with Crippen LogP contribution in [0.15, 0.2) is 53.4 Å². The maximum Gasteiger partial charge on any atom is 0.244 e. The van der Waals surface area contributed by atoms with E-state index in [-0.39, 0.29) is 22.8 Å². The molecule has 1 aliphatic rings. The third-order valence-corrected chi connectivity index (χ3v) is 7.46. The van der Waals surface area contributed by atoms with Gasteiger partial charge in [0.1, 0.15) is 6.04 Å². The predicted octanol–water partition coefficient (Wildman–Crippen LogP) is 3.71. The lowest BCUT2D eigenvalue weighted by atomic mass is 9.83. The number of carbonyl (C=O) groups is 1. The first-order valence-corrected chi connectivity index (χ1v) is 11.5. The molecule has 30 heavy (non-hydrogen) atoms. The first kappa shape index (κ1) is 22.3. The number of sulfonamides is 1. The van der Waals surface area contributed by atoms with E-state index < -0.39 is 16.1 Å². The number of carbonyl (C=O) groups excluding carboxylic acids is 1. The van der Waals surface area contributed by atoms with E-state index in [1.165, 1.54) is 28.6 Å². The number of rotatable bonds is 5. The summed E-state index contributed by atoms with van der Waals surface area (Å²) in [6, 6.07) is 13.8. The number of nitrogens with one attached hydrogen (secondary N) is 1. The Bertz CT molecular complexity index is 1060. The first-order chi connectivity index (χ1) is 14.1. The highest BCUT2D eigenvalue weighted by atomic mass is 35.5. The topological polar surface area (TPSA) is 90.3 Å². The summed E-state index contributed by atoms with van der Waals surface area (Å²) in [5.41, 5.74) is 0.975. The van der Waals surface area contributed by atoms with Crippen molar-refractivity contribution in [2.24, 2.45) is 5.41 Å². The van der Waals surface area contributed by atoms with E-state index in [0.717, 1.165) is 6.42 Å². The fraction of sp³-hybridized carbons (Fsp3) is 0.364. The van der Waals surface area contributed by atoms with E-state index in [1.54, 1.807) is 24.3 Å². The quantitative estimate of drug-likeness (QED) is 0.759. The standard InChI is InChI=1S/C22H24ClN3O3S/c1-22(2)11-12-25-21(27)20(13-22)26(15-17-5-3-16(14-24)4-6-17)30(28,29)19-9-7-18(23)8-10-19/h3-10,20H,11-13,15H2,1-2H3,(H,25,27). The fourth-order valence-corrected chi connectivity index (χ4v) is 5.26. The van der Waals surface area contributed by atoms with Gasteiger partial charge in [-0.05, 0) is 60.2 Å². The van der Waals surface area contributed by atoms with Gasteiger partial charge in [0.2, 0.25) is 15.9 Å². The molecule has 8 heteroatoms. The van der Waals surface area contributed by atoms with Crippen LogP contribution < -0.4 is 5.32 Å². The van der Waals surface area contributed by atoms with E-state index >= 15 is 0 Å². The Morgan fingerprint density at radius 1 is 1.17 bits per heavy atom. The van der Waals surface area contributed by atoms with E-state index in [0.29, 0.717) is 29.1 Å². The molecule has 0 aliphatic carbocycles. The van der Waals surface area contributed by atoms with Crippen molar-refractivity contribution in [3.63, 3.8) is 0 Å². The smallest absolute Gasteiger partial charge is 0.244 e. The van der Waals surface area contributed by atoms with Crippen LogP contribution in [0.5, 0.6) is 0 Å². The van der Waals surface area contributed by atoms with Crippen molar-refractivity contribution >= 4 is 27.5 Å². The summed E-state index contributed by atoms with van der Waals surface area (Å²) in [6.45, 7) is 4.60. The van der Waals surface area contributed by atoms with E-state index in [2.05, 4.69) is 5.32 Å². The van der Waals surface area contributed by atoms with E-state index in [9.17, 15) is 13.2 Å². The molecule has 1 unspecified atom stereocenters. The second-order valence-corrected chi connectivity index (χ2v) is 10.6. The molecule has 0 radical (unpaired) electrons. The van der Waals surface area contributed by atoms with Gasteiger partial charge in [-0.3, -0.25) is 4.79 Å². The summed E-state index contributed by atoms with van der Waals surface area (Å²) < 4.78 is 28.4. The van der Waals surface area contributed by atoms with Gasteiger partial charge in [-0.25, -0.2) is 8.42 Å². The molecule has 3 rings (SSSR count). The molecule has 0 spiro atoms. The second-order valence-electron chi connectivity index (χ2n) is 8.24. The summed E-state index contributed by atoms with van der Waals surface area (Å²) >= 11 is 5.93. The second kappa shape index (κ2) is 8.76. The molecule has 1 atom stereocenters. The van der Waals surface area contributed by atoms with Crippen molar-refractivity contribution in [1.29, 1.82) is 5.26 Å². The number of nitriles is 1. The Morgan fingerprint density at radius 3 is 2.40 bits per heavy atom. The first-order valence-electron chi connectivity index (χ1n) is 9.67. The minimum Gasteiger partial charge on any atom is -0.355 e. The highest BCUT2D eigenvalue weighted by molar-refractivity contribution is 7.89. The lowest BCUT2D eigenvalue weighted by Gasteiger charge is -2.33. The van der Waals surface area contributed by atoms with Gasteiger partial charge in [0.05, 0.1) is 16.5 Å². The molecule has 1 saturated heterocycles. The van der Waals surface area contributed by atoms with Crippen LogP contribution in [-0.4, -0.2) is 31.2 Å². The summed E-state index contributed by atoms with van der Waals surface area (Å²) in [5.74, 6) is -0.299.